The first-order valence-electron chi connectivity index (χ1n) is 8.84. The molecule has 6 nitrogen and oxygen atoms in total. The van der Waals surface area contributed by atoms with Crippen LogP contribution in [0.25, 0.3) is 5.57 Å². The van der Waals surface area contributed by atoms with Crippen LogP contribution in [0.2, 0.25) is 0 Å². The van der Waals surface area contributed by atoms with Crippen LogP contribution >= 0.6 is 0 Å². The summed E-state index contributed by atoms with van der Waals surface area (Å²) in [5, 5.41) is 4.05. The summed E-state index contributed by atoms with van der Waals surface area (Å²) < 4.78 is 16.5. The number of carbonyl (C=O) groups excluding carboxylic acids is 1. The van der Waals surface area contributed by atoms with Gasteiger partial charge in [-0.3, -0.25) is 4.90 Å². The Hall–Kier alpha value is -2.60. The van der Waals surface area contributed by atoms with Crippen LogP contribution in [0.4, 0.5) is 4.79 Å². The first kappa shape index (κ1) is 16.8. The second kappa shape index (κ2) is 6.96. The van der Waals surface area contributed by atoms with Crippen LogP contribution in [-0.2, 0) is 16.1 Å². The van der Waals surface area contributed by atoms with Crippen LogP contribution < -0.4 is 0 Å². The van der Waals surface area contributed by atoms with E-state index in [0.717, 1.165) is 22.6 Å². The number of carbonyl (C=O) groups is 1. The Morgan fingerprint density at radius 1 is 1.27 bits per heavy atom. The highest BCUT2D eigenvalue weighted by molar-refractivity contribution is 5.75. The lowest BCUT2D eigenvalue weighted by molar-refractivity contribution is -0.0342. The molecular formula is C20H22N2O4. The van der Waals surface area contributed by atoms with Crippen molar-refractivity contribution in [3.05, 3.63) is 59.0 Å². The van der Waals surface area contributed by atoms with Gasteiger partial charge in [0.1, 0.15) is 12.4 Å². The van der Waals surface area contributed by atoms with E-state index in [1.807, 2.05) is 49.1 Å². The summed E-state index contributed by atoms with van der Waals surface area (Å²) in [6.07, 6.45) is 2.51. The van der Waals surface area contributed by atoms with Crippen LogP contribution in [0.1, 0.15) is 29.0 Å². The second-order valence-corrected chi connectivity index (χ2v) is 6.80. The summed E-state index contributed by atoms with van der Waals surface area (Å²) in [7, 11) is 0. The number of hydrogen-bond donors (Lipinski definition) is 0. The molecule has 0 N–H and O–H groups in total. The van der Waals surface area contributed by atoms with Gasteiger partial charge in [-0.2, -0.15) is 0 Å². The van der Waals surface area contributed by atoms with E-state index in [0.29, 0.717) is 19.6 Å². The number of morpholine rings is 1. The number of rotatable bonds is 3. The van der Waals surface area contributed by atoms with Gasteiger partial charge >= 0.3 is 6.09 Å². The fraction of sp³-hybridized carbons (Fsp3) is 0.400. The summed E-state index contributed by atoms with van der Waals surface area (Å²) in [5.74, 6) is 0.813. The molecule has 2 aliphatic heterocycles. The maximum absolute atomic E-state index is 12.7. The summed E-state index contributed by atoms with van der Waals surface area (Å²) in [6, 6.07) is 9.54. The third-order valence-corrected chi connectivity index (χ3v) is 4.97. The SMILES string of the molecule is Cc1noc(C)c1C1=CC2COCC(C1)N2C(=O)OCc1ccccc1. The number of ether oxygens (including phenoxy) is 2. The molecule has 2 bridgehead atoms. The van der Waals surface area contributed by atoms with E-state index in [-0.39, 0.29) is 24.8 Å². The zero-order valence-corrected chi connectivity index (χ0v) is 15.0. The van der Waals surface area contributed by atoms with E-state index in [9.17, 15) is 4.79 Å². The minimum atomic E-state index is -0.291. The Balaban J connectivity index is 1.52. The van der Waals surface area contributed by atoms with Gasteiger partial charge in [-0.25, -0.2) is 4.79 Å². The van der Waals surface area contributed by atoms with Gasteiger partial charge in [0.25, 0.3) is 0 Å². The van der Waals surface area contributed by atoms with Gasteiger partial charge in [-0.15, -0.1) is 0 Å². The third kappa shape index (κ3) is 3.12. The van der Waals surface area contributed by atoms with Gasteiger partial charge in [0.2, 0.25) is 0 Å². The highest BCUT2D eigenvalue weighted by Crippen LogP contribution is 2.35. The van der Waals surface area contributed by atoms with Gasteiger partial charge in [-0.1, -0.05) is 41.6 Å². The standard InChI is InChI=1S/C20H22N2O4/c1-13-19(14(2)26-21-13)16-8-17-11-24-12-18(9-16)22(17)20(23)25-10-15-6-4-3-5-7-15/h3-8,17-18H,9-12H2,1-2H3. The molecule has 2 atom stereocenters. The van der Waals surface area contributed by atoms with Crippen LogP contribution in [0.15, 0.2) is 40.9 Å². The lowest BCUT2D eigenvalue weighted by Gasteiger charge is -2.43. The second-order valence-electron chi connectivity index (χ2n) is 6.80. The predicted molar refractivity (Wildman–Crippen MR) is 95.4 cm³/mol. The maximum Gasteiger partial charge on any atom is 0.411 e. The molecule has 2 aromatic rings. The minimum absolute atomic E-state index is 0.0364. The Bertz CT molecular complexity index is 808. The fourth-order valence-electron chi connectivity index (χ4n) is 3.80. The Morgan fingerprint density at radius 2 is 2.08 bits per heavy atom. The van der Waals surface area contributed by atoms with E-state index in [2.05, 4.69) is 11.2 Å². The van der Waals surface area contributed by atoms with E-state index in [4.69, 9.17) is 14.0 Å². The Morgan fingerprint density at radius 3 is 2.77 bits per heavy atom. The summed E-state index contributed by atoms with van der Waals surface area (Å²) in [6.45, 7) is 5.13. The van der Waals surface area contributed by atoms with Crippen molar-refractivity contribution in [1.29, 1.82) is 0 Å². The van der Waals surface area contributed by atoms with Gasteiger partial charge in [0.05, 0.1) is 31.0 Å². The Labute approximate surface area is 152 Å². The number of fused-ring (bicyclic) bond motifs is 2. The van der Waals surface area contributed by atoms with E-state index < -0.39 is 0 Å². The smallest absolute Gasteiger partial charge is 0.411 e. The average molecular weight is 354 g/mol. The molecule has 26 heavy (non-hydrogen) atoms. The topological polar surface area (TPSA) is 64.8 Å². The van der Waals surface area contributed by atoms with E-state index in [1.165, 1.54) is 5.57 Å². The molecule has 1 aromatic heterocycles. The van der Waals surface area contributed by atoms with Crippen molar-refractivity contribution in [2.24, 2.45) is 0 Å². The monoisotopic (exact) mass is 354 g/mol. The number of aryl methyl sites for hydroxylation is 2. The first-order chi connectivity index (χ1) is 12.6. The van der Waals surface area contributed by atoms with Crippen LogP contribution in [0.3, 0.4) is 0 Å². The lowest BCUT2D eigenvalue weighted by atomic mass is 9.89. The van der Waals surface area contributed by atoms with Crippen LogP contribution in [0.5, 0.6) is 0 Å². The molecule has 136 valence electrons. The number of benzene rings is 1. The molecule has 0 radical (unpaired) electrons. The molecule has 2 aliphatic rings. The molecule has 0 aliphatic carbocycles. The normalized spacial score (nSPS) is 22.1. The zero-order chi connectivity index (χ0) is 18.1. The van der Waals surface area contributed by atoms with Crippen molar-refractivity contribution in [3.63, 3.8) is 0 Å². The number of nitrogens with zero attached hydrogens (tertiary/aromatic N) is 2. The van der Waals surface area contributed by atoms with Crippen molar-refractivity contribution in [3.8, 4) is 0 Å². The first-order valence-corrected chi connectivity index (χ1v) is 8.84. The van der Waals surface area contributed by atoms with Gasteiger partial charge < -0.3 is 14.0 Å². The van der Waals surface area contributed by atoms with E-state index >= 15 is 0 Å². The molecular weight excluding hydrogens is 332 g/mol. The van der Waals surface area contributed by atoms with Crippen molar-refractivity contribution in [1.82, 2.24) is 10.1 Å². The quantitative estimate of drug-likeness (QED) is 0.844. The van der Waals surface area contributed by atoms with Crippen molar-refractivity contribution in [2.45, 2.75) is 39.0 Å². The average Bonchev–Trinajstić information content (AvgIpc) is 2.98. The largest absolute Gasteiger partial charge is 0.445 e. The summed E-state index contributed by atoms with van der Waals surface area (Å²) in [5.41, 5.74) is 4.09. The minimum Gasteiger partial charge on any atom is -0.445 e. The molecule has 2 unspecified atom stereocenters. The van der Waals surface area contributed by atoms with Gasteiger partial charge in [-0.05, 0) is 31.4 Å². The zero-order valence-electron chi connectivity index (χ0n) is 15.0. The number of amides is 1. The Kier molecular flexibility index (Phi) is 4.51. The molecule has 3 heterocycles. The molecule has 1 fully saturated rings. The molecule has 1 saturated heterocycles. The van der Waals surface area contributed by atoms with Gasteiger partial charge in [0, 0.05) is 5.56 Å². The highest BCUT2D eigenvalue weighted by atomic mass is 16.6. The number of aromatic nitrogens is 1. The van der Waals surface area contributed by atoms with Crippen LogP contribution in [-0.4, -0.2) is 41.4 Å². The predicted octanol–water partition coefficient (Wildman–Crippen LogP) is 3.48. The molecule has 0 saturated carbocycles. The van der Waals surface area contributed by atoms with Crippen molar-refractivity contribution < 1.29 is 18.8 Å². The molecule has 1 amide bonds. The van der Waals surface area contributed by atoms with Crippen molar-refractivity contribution in [2.75, 3.05) is 13.2 Å². The fourth-order valence-corrected chi connectivity index (χ4v) is 3.80. The maximum atomic E-state index is 12.7. The third-order valence-electron chi connectivity index (χ3n) is 4.97. The van der Waals surface area contributed by atoms with E-state index in [1.54, 1.807) is 0 Å². The molecule has 6 heteroatoms. The molecule has 1 aromatic carbocycles. The molecule has 0 spiro atoms. The summed E-state index contributed by atoms with van der Waals surface area (Å²) in [4.78, 5) is 14.5. The highest BCUT2D eigenvalue weighted by Gasteiger charge is 2.39. The van der Waals surface area contributed by atoms with Gasteiger partial charge in [0.15, 0.2) is 0 Å². The summed E-state index contributed by atoms with van der Waals surface area (Å²) >= 11 is 0. The molecule has 4 rings (SSSR count). The lowest BCUT2D eigenvalue weighted by Crippen LogP contribution is -2.56. The van der Waals surface area contributed by atoms with Crippen molar-refractivity contribution >= 4 is 11.7 Å². The number of hydrogen-bond acceptors (Lipinski definition) is 5. The van der Waals surface area contributed by atoms with Crippen LogP contribution in [0, 0.1) is 13.8 Å².